The average Bonchev–Trinajstić information content (AvgIpc) is 2.78. The van der Waals surface area contributed by atoms with Gasteiger partial charge in [-0.25, -0.2) is 8.42 Å². The van der Waals surface area contributed by atoms with E-state index in [0.29, 0.717) is 25.1 Å². The predicted molar refractivity (Wildman–Crippen MR) is 142 cm³/mol. The Morgan fingerprint density at radius 2 is 1.63 bits per heavy atom. The van der Waals surface area contributed by atoms with Crippen LogP contribution in [-0.4, -0.2) is 56.6 Å². The van der Waals surface area contributed by atoms with Gasteiger partial charge in [0, 0.05) is 25.6 Å². The van der Waals surface area contributed by atoms with Crippen LogP contribution >= 0.6 is 0 Å². The summed E-state index contributed by atoms with van der Waals surface area (Å²) >= 11 is 0. The number of hydrogen-bond acceptors (Lipinski definition) is 4. The summed E-state index contributed by atoms with van der Waals surface area (Å²) in [6.07, 6.45) is 2.30. The van der Waals surface area contributed by atoms with Crippen molar-refractivity contribution in [2.45, 2.75) is 66.0 Å². The number of amides is 2. The Balaban J connectivity index is 2.14. The highest BCUT2D eigenvalue weighted by molar-refractivity contribution is 7.92. The molecule has 0 saturated heterocycles. The molecule has 2 aromatic carbocycles. The lowest BCUT2D eigenvalue weighted by atomic mass is 10.1. The van der Waals surface area contributed by atoms with Gasteiger partial charge in [-0.1, -0.05) is 42.5 Å². The van der Waals surface area contributed by atoms with Gasteiger partial charge in [-0.15, -0.1) is 0 Å². The second-order valence-electron chi connectivity index (χ2n) is 9.39. The van der Waals surface area contributed by atoms with Crippen molar-refractivity contribution in [2.75, 3.05) is 23.7 Å². The van der Waals surface area contributed by atoms with Crippen molar-refractivity contribution in [1.29, 1.82) is 0 Å². The highest BCUT2D eigenvalue weighted by Crippen LogP contribution is 2.24. The lowest BCUT2D eigenvalue weighted by Gasteiger charge is -2.30. The van der Waals surface area contributed by atoms with Crippen LogP contribution in [0.1, 0.15) is 50.3 Å². The zero-order chi connectivity index (χ0) is 26.2. The van der Waals surface area contributed by atoms with Gasteiger partial charge in [-0.3, -0.25) is 13.9 Å². The number of carbonyl (C=O) groups is 2. The SMILES string of the molecule is Cc1ccc(C)c(N(CCCC(=O)N(CCc2ccccc2)[C@@H](C)C(=O)NC(C)C)S(C)(=O)=O)c1. The topological polar surface area (TPSA) is 86.8 Å². The van der Waals surface area contributed by atoms with Crippen LogP contribution in [-0.2, 0) is 26.0 Å². The molecule has 2 amide bonds. The van der Waals surface area contributed by atoms with Gasteiger partial charge in [0.2, 0.25) is 21.8 Å². The molecule has 192 valence electrons. The molecule has 0 aliphatic heterocycles. The highest BCUT2D eigenvalue weighted by Gasteiger charge is 2.26. The van der Waals surface area contributed by atoms with Crippen LogP contribution in [0.4, 0.5) is 5.69 Å². The molecule has 0 heterocycles. The first kappa shape index (κ1) is 28.4. The summed E-state index contributed by atoms with van der Waals surface area (Å²) in [5.41, 5.74) is 3.54. The lowest BCUT2D eigenvalue weighted by molar-refractivity contribution is -0.140. The van der Waals surface area contributed by atoms with E-state index < -0.39 is 16.1 Å². The Kier molecular flexibility index (Phi) is 10.3. The van der Waals surface area contributed by atoms with Crippen molar-refractivity contribution in [3.05, 3.63) is 65.2 Å². The van der Waals surface area contributed by atoms with E-state index in [1.165, 1.54) is 10.6 Å². The van der Waals surface area contributed by atoms with Crippen LogP contribution in [0.25, 0.3) is 0 Å². The maximum absolute atomic E-state index is 13.3. The van der Waals surface area contributed by atoms with E-state index in [0.717, 1.165) is 16.7 Å². The van der Waals surface area contributed by atoms with E-state index in [9.17, 15) is 18.0 Å². The molecule has 35 heavy (non-hydrogen) atoms. The third-order valence-electron chi connectivity index (χ3n) is 5.87. The fourth-order valence-electron chi connectivity index (χ4n) is 3.95. The third-order valence-corrected chi connectivity index (χ3v) is 7.05. The molecule has 0 saturated carbocycles. The van der Waals surface area contributed by atoms with E-state index in [4.69, 9.17) is 0 Å². The summed E-state index contributed by atoms with van der Waals surface area (Å²) in [6, 6.07) is 14.9. The van der Waals surface area contributed by atoms with Crippen LogP contribution < -0.4 is 9.62 Å². The first-order valence-corrected chi connectivity index (χ1v) is 13.9. The molecule has 0 unspecified atom stereocenters. The minimum atomic E-state index is -3.52. The summed E-state index contributed by atoms with van der Waals surface area (Å²) < 4.78 is 26.5. The maximum atomic E-state index is 13.3. The molecule has 0 aliphatic rings. The van der Waals surface area contributed by atoms with E-state index in [-0.39, 0.29) is 30.8 Å². The van der Waals surface area contributed by atoms with Crippen molar-refractivity contribution < 1.29 is 18.0 Å². The molecule has 2 aromatic rings. The summed E-state index contributed by atoms with van der Waals surface area (Å²) in [7, 11) is -3.52. The van der Waals surface area contributed by atoms with Crippen molar-refractivity contribution >= 4 is 27.5 Å². The number of nitrogens with zero attached hydrogens (tertiary/aromatic N) is 2. The summed E-state index contributed by atoms with van der Waals surface area (Å²) in [5, 5.41) is 2.88. The van der Waals surface area contributed by atoms with E-state index in [1.807, 2.05) is 76.2 Å². The Labute approximate surface area is 210 Å². The number of aryl methyl sites for hydroxylation is 2. The predicted octanol–water partition coefficient (Wildman–Crippen LogP) is 3.83. The van der Waals surface area contributed by atoms with Gasteiger partial charge in [-0.2, -0.15) is 0 Å². The molecule has 1 N–H and O–H groups in total. The molecule has 0 radical (unpaired) electrons. The number of anilines is 1. The van der Waals surface area contributed by atoms with Crippen LogP contribution in [0, 0.1) is 13.8 Å². The van der Waals surface area contributed by atoms with E-state index in [2.05, 4.69) is 5.32 Å². The zero-order valence-electron chi connectivity index (χ0n) is 21.7. The highest BCUT2D eigenvalue weighted by atomic mass is 32.2. The molecule has 0 aromatic heterocycles. The molecule has 0 aliphatic carbocycles. The molecule has 0 fully saturated rings. The van der Waals surface area contributed by atoms with Gasteiger partial charge in [0.15, 0.2) is 0 Å². The second kappa shape index (κ2) is 12.7. The van der Waals surface area contributed by atoms with Crippen molar-refractivity contribution in [1.82, 2.24) is 10.2 Å². The maximum Gasteiger partial charge on any atom is 0.242 e. The van der Waals surface area contributed by atoms with Crippen LogP contribution in [0.15, 0.2) is 48.5 Å². The molecule has 0 bridgehead atoms. The average molecular weight is 502 g/mol. The van der Waals surface area contributed by atoms with E-state index in [1.54, 1.807) is 11.8 Å². The van der Waals surface area contributed by atoms with Gasteiger partial charge in [-0.05, 0) is 70.2 Å². The fraction of sp³-hybridized carbons (Fsp3) is 0.481. The monoisotopic (exact) mass is 501 g/mol. The minimum Gasteiger partial charge on any atom is -0.352 e. The quantitative estimate of drug-likeness (QED) is 0.479. The molecule has 8 heteroatoms. The molecule has 7 nitrogen and oxygen atoms in total. The fourth-order valence-corrected chi connectivity index (χ4v) is 4.96. The van der Waals surface area contributed by atoms with Gasteiger partial charge in [0.1, 0.15) is 6.04 Å². The summed E-state index contributed by atoms with van der Waals surface area (Å²) in [5.74, 6) is -0.365. The molecule has 0 spiro atoms. The summed E-state index contributed by atoms with van der Waals surface area (Å²) in [6.45, 7) is 9.89. The van der Waals surface area contributed by atoms with Gasteiger partial charge < -0.3 is 10.2 Å². The van der Waals surface area contributed by atoms with E-state index >= 15 is 0 Å². The number of hydrogen-bond donors (Lipinski definition) is 1. The third kappa shape index (κ3) is 8.69. The first-order valence-electron chi connectivity index (χ1n) is 12.1. The van der Waals surface area contributed by atoms with Crippen LogP contribution in [0.2, 0.25) is 0 Å². The van der Waals surface area contributed by atoms with Crippen molar-refractivity contribution in [3.63, 3.8) is 0 Å². The van der Waals surface area contributed by atoms with Crippen LogP contribution in [0.5, 0.6) is 0 Å². The van der Waals surface area contributed by atoms with Gasteiger partial charge >= 0.3 is 0 Å². The van der Waals surface area contributed by atoms with Crippen molar-refractivity contribution in [2.24, 2.45) is 0 Å². The molecule has 1 atom stereocenters. The number of sulfonamides is 1. The second-order valence-corrected chi connectivity index (χ2v) is 11.3. The number of nitrogens with one attached hydrogen (secondary N) is 1. The Morgan fingerprint density at radius 3 is 2.23 bits per heavy atom. The smallest absolute Gasteiger partial charge is 0.242 e. The standard InChI is InChI=1S/C27H39N3O4S/c1-20(2)28-27(32)23(5)29(18-16-24-11-8-7-9-12-24)26(31)13-10-17-30(35(6,33)34)25-19-21(3)14-15-22(25)4/h7-9,11-12,14-15,19-20,23H,10,13,16-18H2,1-6H3,(H,28,32)/t23-/m0/s1. The van der Waals surface area contributed by atoms with Gasteiger partial charge in [0.05, 0.1) is 11.9 Å². The largest absolute Gasteiger partial charge is 0.352 e. The lowest BCUT2D eigenvalue weighted by Crippen LogP contribution is -2.50. The Bertz CT molecular complexity index is 1100. The van der Waals surface area contributed by atoms with Crippen LogP contribution in [0.3, 0.4) is 0 Å². The number of rotatable bonds is 12. The Hall–Kier alpha value is -2.87. The molecule has 2 rings (SSSR count). The first-order chi connectivity index (χ1) is 16.4. The Morgan fingerprint density at radius 1 is 0.971 bits per heavy atom. The van der Waals surface area contributed by atoms with Crippen molar-refractivity contribution in [3.8, 4) is 0 Å². The zero-order valence-corrected chi connectivity index (χ0v) is 22.6. The molecular formula is C27H39N3O4S. The van der Waals surface area contributed by atoms with Gasteiger partial charge in [0.25, 0.3) is 0 Å². The summed E-state index contributed by atoms with van der Waals surface area (Å²) in [4.78, 5) is 27.6. The molecular weight excluding hydrogens is 462 g/mol. The number of carbonyl (C=O) groups excluding carboxylic acids is 2. The number of benzene rings is 2. The normalized spacial score (nSPS) is 12.3. The minimum absolute atomic E-state index is 0.0306.